The van der Waals surface area contributed by atoms with Crippen molar-refractivity contribution >= 4 is 34.2 Å². The van der Waals surface area contributed by atoms with Gasteiger partial charge in [0.05, 0.1) is 5.92 Å². The largest absolute Gasteiger partial charge is 0.325 e. The molecule has 1 unspecified atom stereocenters. The Hall–Kier alpha value is -1.40. The van der Waals surface area contributed by atoms with Crippen molar-refractivity contribution in [2.45, 2.75) is 19.4 Å². The van der Waals surface area contributed by atoms with E-state index in [2.05, 4.69) is 52.3 Å². The van der Waals surface area contributed by atoms with Crippen molar-refractivity contribution in [3.8, 4) is 0 Å². The highest BCUT2D eigenvalue weighted by Crippen LogP contribution is 2.25. The quantitative estimate of drug-likeness (QED) is 0.770. The number of carbonyl (C=O) groups is 1. The van der Waals surface area contributed by atoms with Crippen LogP contribution >= 0.6 is 22.6 Å². The molecule has 2 N–H and O–H groups in total. The monoisotopic (exact) mass is 392 g/mol. The fourth-order valence-electron chi connectivity index (χ4n) is 2.63. The van der Waals surface area contributed by atoms with Gasteiger partial charge in [-0.3, -0.25) is 4.79 Å². The predicted octanol–water partition coefficient (Wildman–Crippen LogP) is 3.43. The van der Waals surface area contributed by atoms with Crippen LogP contribution in [-0.2, 0) is 11.3 Å². The third kappa shape index (κ3) is 3.11. The molecule has 2 aromatic carbocycles. The van der Waals surface area contributed by atoms with Crippen molar-refractivity contribution in [1.29, 1.82) is 0 Å². The molecule has 0 aliphatic carbocycles. The van der Waals surface area contributed by atoms with Crippen molar-refractivity contribution < 1.29 is 4.79 Å². The van der Waals surface area contributed by atoms with Crippen LogP contribution in [0.2, 0.25) is 0 Å². The van der Waals surface area contributed by atoms with Gasteiger partial charge in [-0.25, -0.2) is 0 Å². The summed E-state index contributed by atoms with van der Waals surface area (Å²) in [4.78, 5) is 12.6. The summed E-state index contributed by atoms with van der Waals surface area (Å²) in [5.41, 5.74) is 4.43. The Morgan fingerprint density at radius 1 is 1.29 bits per heavy atom. The lowest BCUT2D eigenvalue weighted by atomic mass is 9.90. The van der Waals surface area contributed by atoms with Crippen LogP contribution < -0.4 is 10.6 Å². The molecular weight excluding hydrogens is 375 g/mol. The van der Waals surface area contributed by atoms with Crippen molar-refractivity contribution in [3.05, 3.63) is 62.7 Å². The van der Waals surface area contributed by atoms with Gasteiger partial charge in [-0.1, -0.05) is 30.3 Å². The summed E-state index contributed by atoms with van der Waals surface area (Å²) in [6.07, 6.45) is 0. The smallest absolute Gasteiger partial charge is 0.233 e. The Kier molecular flexibility index (Phi) is 4.26. The number of rotatable bonds is 2. The first-order valence-electron chi connectivity index (χ1n) is 7.00. The first kappa shape index (κ1) is 14.5. The highest BCUT2D eigenvalue weighted by atomic mass is 127. The highest BCUT2D eigenvalue weighted by molar-refractivity contribution is 14.1. The molecule has 0 radical (unpaired) electrons. The van der Waals surface area contributed by atoms with Gasteiger partial charge in [0.25, 0.3) is 0 Å². The first-order valence-corrected chi connectivity index (χ1v) is 8.08. The van der Waals surface area contributed by atoms with Crippen LogP contribution in [0.1, 0.15) is 22.6 Å². The molecule has 0 spiro atoms. The Morgan fingerprint density at radius 3 is 2.90 bits per heavy atom. The zero-order valence-electron chi connectivity index (χ0n) is 11.8. The molecule has 0 saturated heterocycles. The molecule has 4 heteroatoms. The van der Waals surface area contributed by atoms with Crippen LogP contribution in [0.25, 0.3) is 0 Å². The molecule has 1 amide bonds. The van der Waals surface area contributed by atoms with E-state index in [9.17, 15) is 4.79 Å². The minimum Gasteiger partial charge on any atom is -0.325 e. The number of amides is 1. The van der Waals surface area contributed by atoms with Gasteiger partial charge in [0.2, 0.25) is 5.91 Å². The maximum atomic E-state index is 12.6. The topological polar surface area (TPSA) is 41.1 Å². The fraction of sp³-hybridized carbons (Fsp3) is 0.235. The molecule has 0 fully saturated rings. The van der Waals surface area contributed by atoms with E-state index in [0.717, 1.165) is 21.4 Å². The third-order valence-electron chi connectivity index (χ3n) is 3.85. The number of anilines is 1. The van der Waals surface area contributed by atoms with E-state index in [1.165, 1.54) is 11.1 Å². The first-order chi connectivity index (χ1) is 10.1. The molecule has 21 heavy (non-hydrogen) atoms. The Balaban J connectivity index is 1.81. The lowest BCUT2D eigenvalue weighted by Crippen LogP contribution is -2.35. The zero-order chi connectivity index (χ0) is 14.8. The molecular formula is C17H17IN2O. The van der Waals surface area contributed by atoms with Crippen molar-refractivity contribution in [1.82, 2.24) is 5.32 Å². The SMILES string of the molecule is Cc1ccc(NC(=O)C2CNCc3ccccc32)cc1I. The van der Waals surface area contributed by atoms with Crippen molar-refractivity contribution in [2.75, 3.05) is 11.9 Å². The van der Waals surface area contributed by atoms with E-state index in [1.807, 2.05) is 30.3 Å². The highest BCUT2D eigenvalue weighted by Gasteiger charge is 2.26. The minimum atomic E-state index is -0.131. The standard InChI is InChI=1S/C17H17IN2O/c1-11-6-7-13(8-16(11)18)20-17(21)15-10-19-9-12-4-2-3-5-14(12)15/h2-8,15,19H,9-10H2,1H3,(H,20,21). The Labute approximate surface area is 138 Å². The maximum Gasteiger partial charge on any atom is 0.233 e. The number of hydrogen-bond donors (Lipinski definition) is 2. The number of aryl methyl sites for hydroxylation is 1. The van der Waals surface area contributed by atoms with Crippen LogP contribution in [0, 0.1) is 10.5 Å². The average Bonchev–Trinajstić information content (AvgIpc) is 2.50. The van der Waals surface area contributed by atoms with Gasteiger partial charge in [-0.05, 0) is 58.3 Å². The maximum absolute atomic E-state index is 12.6. The van der Waals surface area contributed by atoms with Gasteiger partial charge in [-0.15, -0.1) is 0 Å². The van der Waals surface area contributed by atoms with Crippen LogP contribution in [0.5, 0.6) is 0 Å². The Morgan fingerprint density at radius 2 is 2.10 bits per heavy atom. The van der Waals surface area contributed by atoms with E-state index in [0.29, 0.717) is 6.54 Å². The van der Waals surface area contributed by atoms with Gasteiger partial charge < -0.3 is 10.6 Å². The normalized spacial score (nSPS) is 17.1. The number of hydrogen-bond acceptors (Lipinski definition) is 2. The van der Waals surface area contributed by atoms with E-state index >= 15 is 0 Å². The molecule has 1 heterocycles. The van der Waals surface area contributed by atoms with Crippen LogP contribution in [0.15, 0.2) is 42.5 Å². The van der Waals surface area contributed by atoms with Gasteiger partial charge in [0, 0.05) is 22.3 Å². The number of nitrogens with one attached hydrogen (secondary N) is 2. The number of halogens is 1. The van der Waals surface area contributed by atoms with Gasteiger partial charge in [0.1, 0.15) is 0 Å². The van der Waals surface area contributed by atoms with Gasteiger partial charge in [-0.2, -0.15) is 0 Å². The van der Waals surface area contributed by atoms with E-state index < -0.39 is 0 Å². The summed E-state index contributed by atoms with van der Waals surface area (Å²) in [6, 6.07) is 14.1. The number of carbonyl (C=O) groups excluding carboxylic acids is 1. The van der Waals surface area contributed by atoms with Gasteiger partial charge >= 0.3 is 0 Å². The summed E-state index contributed by atoms with van der Waals surface area (Å²) >= 11 is 2.29. The van der Waals surface area contributed by atoms with Crippen molar-refractivity contribution in [3.63, 3.8) is 0 Å². The minimum absolute atomic E-state index is 0.0503. The fourth-order valence-corrected chi connectivity index (χ4v) is 3.15. The molecule has 0 bridgehead atoms. The summed E-state index contributed by atoms with van der Waals surface area (Å²) < 4.78 is 1.16. The second-order valence-electron chi connectivity index (χ2n) is 5.34. The van der Waals surface area contributed by atoms with E-state index in [4.69, 9.17) is 0 Å². The van der Waals surface area contributed by atoms with Crippen molar-refractivity contribution in [2.24, 2.45) is 0 Å². The van der Waals surface area contributed by atoms with Gasteiger partial charge in [0.15, 0.2) is 0 Å². The lowest BCUT2D eigenvalue weighted by molar-refractivity contribution is -0.117. The zero-order valence-corrected chi connectivity index (χ0v) is 14.0. The molecule has 3 rings (SSSR count). The number of fused-ring (bicyclic) bond motifs is 1. The number of benzene rings is 2. The predicted molar refractivity (Wildman–Crippen MR) is 93.4 cm³/mol. The molecule has 3 nitrogen and oxygen atoms in total. The molecule has 0 aromatic heterocycles. The molecule has 1 aliphatic rings. The Bertz CT molecular complexity index is 684. The average molecular weight is 392 g/mol. The van der Waals surface area contributed by atoms with Crippen LogP contribution in [0.3, 0.4) is 0 Å². The summed E-state index contributed by atoms with van der Waals surface area (Å²) in [5, 5.41) is 6.35. The second kappa shape index (κ2) is 6.15. The van der Waals surface area contributed by atoms with Crippen LogP contribution in [-0.4, -0.2) is 12.5 Å². The molecule has 108 valence electrons. The summed E-state index contributed by atoms with van der Waals surface area (Å²) in [5.74, 6) is -0.0804. The lowest BCUT2D eigenvalue weighted by Gasteiger charge is -2.25. The second-order valence-corrected chi connectivity index (χ2v) is 6.50. The molecule has 2 aromatic rings. The summed E-state index contributed by atoms with van der Waals surface area (Å²) in [7, 11) is 0. The summed E-state index contributed by atoms with van der Waals surface area (Å²) in [6.45, 7) is 3.59. The molecule has 0 saturated carbocycles. The van der Waals surface area contributed by atoms with E-state index in [-0.39, 0.29) is 11.8 Å². The van der Waals surface area contributed by atoms with Crippen LogP contribution in [0.4, 0.5) is 5.69 Å². The third-order valence-corrected chi connectivity index (χ3v) is 5.01. The molecule has 1 aliphatic heterocycles. The van der Waals surface area contributed by atoms with E-state index in [1.54, 1.807) is 0 Å². The molecule has 1 atom stereocenters.